The van der Waals surface area contributed by atoms with Crippen LogP contribution in [0.25, 0.3) is 11.1 Å². The van der Waals surface area contributed by atoms with Crippen molar-refractivity contribution in [2.75, 3.05) is 0 Å². The first-order valence-corrected chi connectivity index (χ1v) is 9.20. The zero-order valence-electron chi connectivity index (χ0n) is 15.2. The van der Waals surface area contributed by atoms with Gasteiger partial charge in [0.2, 0.25) is 0 Å². The molecule has 1 heterocycles. The Bertz CT molecular complexity index is 1120. The van der Waals surface area contributed by atoms with E-state index in [1.807, 2.05) is 18.2 Å². The van der Waals surface area contributed by atoms with E-state index in [1.54, 1.807) is 0 Å². The van der Waals surface area contributed by atoms with Gasteiger partial charge in [0.25, 0.3) is 0 Å². The first-order chi connectivity index (χ1) is 13.4. The minimum Gasteiger partial charge on any atom is -0.376 e. The second-order valence-corrected chi connectivity index (χ2v) is 6.70. The molecule has 0 N–H and O–H groups in total. The third-order valence-corrected chi connectivity index (χ3v) is 5.07. The molecule has 1 nitrogen and oxygen atoms in total. The van der Waals surface area contributed by atoms with Crippen molar-refractivity contribution in [2.45, 2.75) is 0 Å². The fourth-order valence-corrected chi connectivity index (χ4v) is 3.82. The summed E-state index contributed by atoms with van der Waals surface area (Å²) in [4.78, 5) is 5.28. The Labute approximate surface area is 179 Å². The number of rotatable bonds is 2. The van der Waals surface area contributed by atoms with Crippen LogP contribution in [0.4, 0.5) is 0 Å². The standard InChI is InChI=1S/C25H17BN.Ir/c1-3-11-19(12-4-1)25-23-17-8-7-15-21(23)22-16-9-10-18-24(22)26(27-25)20-13-5-2-6-14-20;/h1-11,13-18H;/q-1;. The maximum Gasteiger partial charge on any atom is 0.333 e. The van der Waals surface area contributed by atoms with E-state index < -0.39 is 0 Å². The van der Waals surface area contributed by atoms with Crippen molar-refractivity contribution in [3.63, 3.8) is 0 Å². The quantitative estimate of drug-likeness (QED) is 0.271. The zero-order valence-corrected chi connectivity index (χ0v) is 17.6. The van der Waals surface area contributed by atoms with Crippen LogP contribution in [-0.2, 0) is 20.1 Å². The third-order valence-electron chi connectivity index (χ3n) is 5.07. The van der Waals surface area contributed by atoms with Crippen molar-refractivity contribution in [3.8, 4) is 11.1 Å². The monoisotopic (exact) mass is 535 g/mol. The van der Waals surface area contributed by atoms with Gasteiger partial charge in [0, 0.05) is 20.1 Å². The molecular formula is C25H17BIrN-. The van der Waals surface area contributed by atoms with Gasteiger partial charge in [0.15, 0.2) is 0 Å². The summed E-state index contributed by atoms with van der Waals surface area (Å²) >= 11 is 0. The molecule has 3 heteroatoms. The molecule has 1 aliphatic heterocycles. The topological polar surface area (TPSA) is 12.4 Å². The van der Waals surface area contributed by atoms with E-state index in [2.05, 4.69) is 91.0 Å². The van der Waals surface area contributed by atoms with Crippen LogP contribution in [0, 0.1) is 6.07 Å². The summed E-state index contributed by atoms with van der Waals surface area (Å²) in [5.41, 5.74) is 8.09. The predicted molar refractivity (Wildman–Crippen MR) is 114 cm³/mol. The van der Waals surface area contributed by atoms with Crippen LogP contribution in [0.3, 0.4) is 0 Å². The molecule has 0 fully saturated rings. The molecule has 0 aliphatic carbocycles. The summed E-state index contributed by atoms with van der Waals surface area (Å²) in [5.74, 6) is 0. The summed E-state index contributed by atoms with van der Waals surface area (Å²) in [6.07, 6.45) is 0. The normalized spacial score (nSPS) is 12.1. The van der Waals surface area contributed by atoms with Crippen LogP contribution in [0.2, 0.25) is 0 Å². The molecule has 0 spiro atoms. The number of fused-ring (bicyclic) bond motifs is 3. The fourth-order valence-electron chi connectivity index (χ4n) is 3.82. The van der Waals surface area contributed by atoms with Crippen molar-refractivity contribution in [1.29, 1.82) is 0 Å². The number of hydrogen-bond acceptors (Lipinski definition) is 1. The molecule has 28 heavy (non-hydrogen) atoms. The molecule has 4 aromatic carbocycles. The average Bonchev–Trinajstić information content (AvgIpc) is 2.90. The second kappa shape index (κ2) is 8.10. The average molecular weight is 534 g/mol. The zero-order chi connectivity index (χ0) is 18.1. The molecular weight excluding hydrogens is 517 g/mol. The molecule has 1 radical (unpaired) electrons. The molecule has 0 atom stereocenters. The summed E-state index contributed by atoms with van der Waals surface area (Å²) in [7, 11) is 0. The smallest absolute Gasteiger partial charge is 0.333 e. The van der Waals surface area contributed by atoms with E-state index in [9.17, 15) is 0 Å². The SMILES string of the molecule is [Ir].[c-]1ccccc1C1=NB(c2ccccc2)c2ccccc2-c2ccccc21. The minimum atomic E-state index is -0.0431. The van der Waals surface area contributed by atoms with Crippen LogP contribution < -0.4 is 10.9 Å². The molecule has 0 aromatic heterocycles. The van der Waals surface area contributed by atoms with Gasteiger partial charge in [-0.25, -0.2) is 0 Å². The second-order valence-electron chi connectivity index (χ2n) is 6.70. The van der Waals surface area contributed by atoms with Gasteiger partial charge in [-0.05, 0) is 27.9 Å². The number of nitrogens with zero attached hydrogens (tertiary/aromatic N) is 1. The van der Waals surface area contributed by atoms with Gasteiger partial charge in [-0.2, -0.15) is 0 Å². The molecule has 5 rings (SSSR count). The maximum atomic E-state index is 5.28. The predicted octanol–water partition coefficient (Wildman–Crippen LogP) is 4.11. The van der Waals surface area contributed by atoms with Crippen LogP contribution in [0.15, 0.2) is 108 Å². The van der Waals surface area contributed by atoms with Crippen LogP contribution >= 0.6 is 0 Å². The summed E-state index contributed by atoms with van der Waals surface area (Å²) < 4.78 is 0. The van der Waals surface area contributed by atoms with Crippen LogP contribution in [0.1, 0.15) is 11.1 Å². The molecule has 0 saturated carbocycles. The fraction of sp³-hybridized carbons (Fsp3) is 0. The molecule has 0 unspecified atom stereocenters. The molecule has 1 aliphatic rings. The van der Waals surface area contributed by atoms with Gasteiger partial charge >= 0.3 is 6.85 Å². The number of benzene rings is 4. The third kappa shape index (κ3) is 3.28. The summed E-state index contributed by atoms with van der Waals surface area (Å²) in [6.45, 7) is -0.0431. The molecule has 0 bridgehead atoms. The first kappa shape index (κ1) is 18.6. The first-order valence-electron chi connectivity index (χ1n) is 9.20. The van der Waals surface area contributed by atoms with E-state index in [0.29, 0.717) is 0 Å². The Kier molecular flexibility index (Phi) is 5.39. The van der Waals surface area contributed by atoms with Gasteiger partial charge in [-0.15, -0.1) is 35.9 Å². The Morgan fingerprint density at radius 3 is 2.00 bits per heavy atom. The molecule has 0 amide bonds. The Morgan fingerprint density at radius 1 is 0.607 bits per heavy atom. The van der Waals surface area contributed by atoms with Crippen molar-refractivity contribution < 1.29 is 20.1 Å². The summed E-state index contributed by atoms with van der Waals surface area (Å²) in [5, 5.41) is 0. The van der Waals surface area contributed by atoms with E-state index >= 15 is 0 Å². The van der Waals surface area contributed by atoms with Gasteiger partial charge < -0.3 is 4.90 Å². The van der Waals surface area contributed by atoms with E-state index in [4.69, 9.17) is 4.90 Å². The minimum absolute atomic E-state index is 0. The molecule has 0 saturated heterocycles. The van der Waals surface area contributed by atoms with Crippen molar-refractivity contribution in [3.05, 3.63) is 120 Å². The van der Waals surface area contributed by atoms with Crippen LogP contribution in [0.5, 0.6) is 0 Å². The van der Waals surface area contributed by atoms with Gasteiger partial charge in [0.1, 0.15) is 0 Å². The van der Waals surface area contributed by atoms with Gasteiger partial charge in [-0.3, -0.25) is 0 Å². The van der Waals surface area contributed by atoms with E-state index in [0.717, 1.165) is 16.8 Å². The Hall–Kier alpha value is -2.74. The van der Waals surface area contributed by atoms with Crippen LogP contribution in [-0.4, -0.2) is 12.6 Å². The Morgan fingerprint density at radius 2 is 1.25 bits per heavy atom. The molecule has 135 valence electrons. The van der Waals surface area contributed by atoms with E-state index in [-0.39, 0.29) is 27.0 Å². The number of hydrogen-bond donors (Lipinski definition) is 0. The Balaban J connectivity index is 0.00000192. The van der Waals surface area contributed by atoms with Crippen molar-refractivity contribution in [2.24, 2.45) is 4.90 Å². The maximum absolute atomic E-state index is 5.28. The van der Waals surface area contributed by atoms with Gasteiger partial charge in [-0.1, -0.05) is 84.3 Å². The van der Waals surface area contributed by atoms with Crippen molar-refractivity contribution >= 4 is 23.5 Å². The summed E-state index contributed by atoms with van der Waals surface area (Å²) in [6, 6.07) is 39.2. The molecule has 4 aromatic rings. The van der Waals surface area contributed by atoms with E-state index in [1.165, 1.54) is 22.1 Å². The largest absolute Gasteiger partial charge is 0.376 e. The van der Waals surface area contributed by atoms with Crippen molar-refractivity contribution in [1.82, 2.24) is 0 Å². The van der Waals surface area contributed by atoms with Gasteiger partial charge in [0.05, 0.1) is 0 Å².